The van der Waals surface area contributed by atoms with Gasteiger partial charge in [-0.15, -0.1) is 12.8 Å². The molecule has 0 fully saturated rings. The van der Waals surface area contributed by atoms with Gasteiger partial charge in [-0.25, -0.2) is 9.59 Å². The van der Waals surface area contributed by atoms with E-state index in [1.165, 1.54) is 0 Å². The molecule has 0 aliphatic heterocycles. The number of ether oxygens (including phenoxy) is 3. The Labute approximate surface area is 246 Å². The number of unbranched alkanes of at least 4 members (excludes halogenated alkanes) is 2. The van der Waals surface area contributed by atoms with Gasteiger partial charge in [0.05, 0.1) is 11.8 Å². The van der Waals surface area contributed by atoms with Crippen molar-refractivity contribution in [3.05, 3.63) is 0 Å². The van der Waals surface area contributed by atoms with Gasteiger partial charge in [0.1, 0.15) is 17.8 Å². The predicted molar refractivity (Wildman–Crippen MR) is 158 cm³/mol. The van der Waals surface area contributed by atoms with E-state index in [0.717, 1.165) is 25.7 Å². The number of aliphatic hydroxyl groups excluding tert-OH is 1. The van der Waals surface area contributed by atoms with Gasteiger partial charge in [-0.2, -0.15) is 0 Å². The molecule has 0 aromatic heterocycles. The summed E-state index contributed by atoms with van der Waals surface area (Å²) in [5, 5.41) is 21.6. The zero-order valence-electron chi connectivity index (χ0n) is 26.1. The van der Waals surface area contributed by atoms with Crippen LogP contribution in [-0.4, -0.2) is 71.8 Å². The second-order valence-electron chi connectivity index (χ2n) is 11.2. The van der Waals surface area contributed by atoms with Crippen LogP contribution in [0.2, 0.25) is 0 Å². The van der Waals surface area contributed by atoms with Crippen molar-refractivity contribution in [2.45, 2.75) is 105 Å². The van der Waals surface area contributed by atoms with Gasteiger partial charge in [-0.05, 0) is 67.2 Å². The maximum atomic E-state index is 11.4. The average molecular weight is 585 g/mol. The molecule has 0 radical (unpaired) electrons. The number of aliphatic hydroxyl groups is 1. The first-order chi connectivity index (χ1) is 18.9. The molecule has 2 atom stereocenters. The van der Waals surface area contributed by atoms with Gasteiger partial charge in [0, 0.05) is 13.1 Å². The van der Waals surface area contributed by atoms with Crippen LogP contribution in [0.3, 0.4) is 0 Å². The van der Waals surface area contributed by atoms with E-state index in [2.05, 4.69) is 23.0 Å². The van der Waals surface area contributed by atoms with E-state index in [4.69, 9.17) is 30.8 Å². The Morgan fingerprint density at radius 1 is 0.756 bits per heavy atom. The number of hydrogen-bond acceptors (Lipinski definition) is 8. The minimum absolute atomic E-state index is 0.0172. The molecule has 11 heteroatoms. The zero-order chi connectivity index (χ0) is 32.5. The molecule has 0 heterocycles. The molecule has 0 aliphatic carbocycles. The highest BCUT2D eigenvalue weighted by molar-refractivity contribution is 5.72. The normalized spacial score (nSPS) is 11.8. The number of alkyl carbamates (subject to hydrolysis) is 2. The van der Waals surface area contributed by atoms with Crippen LogP contribution in [-0.2, 0) is 23.8 Å². The van der Waals surface area contributed by atoms with Crippen molar-refractivity contribution in [3.8, 4) is 24.7 Å². The maximum absolute atomic E-state index is 11.4. The number of esters is 1. The minimum atomic E-state index is -0.773. The van der Waals surface area contributed by atoms with Crippen molar-refractivity contribution in [1.82, 2.24) is 10.6 Å². The third kappa shape index (κ3) is 34.5. The molecule has 236 valence electrons. The minimum Gasteiger partial charge on any atom is -0.481 e. The number of aliphatic carboxylic acids is 1. The lowest BCUT2D eigenvalue weighted by Gasteiger charge is -2.19. The van der Waals surface area contributed by atoms with Gasteiger partial charge in [-0.1, -0.05) is 38.5 Å². The number of terminal acetylenes is 2. The van der Waals surface area contributed by atoms with E-state index < -0.39 is 29.4 Å². The summed E-state index contributed by atoms with van der Waals surface area (Å²) in [6.45, 7) is 15.3. The van der Waals surface area contributed by atoms with Gasteiger partial charge < -0.3 is 35.1 Å². The summed E-state index contributed by atoms with van der Waals surface area (Å²) in [7, 11) is 0. The van der Waals surface area contributed by atoms with Gasteiger partial charge in [0.25, 0.3) is 0 Å². The summed E-state index contributed by atoms with van der Waals surface area (Å²) in [5.41, 5.74) is -0.971. The van der Waals surface area contributed by atoms with Crippen LogP contribution in [0, 0.1) is 36.5 Å². The molecule has 0 aromatic carbocycles. The summed E-state index contributed by atoms with van der Waals surface area (Å²) in [5.74, 6) is 2.70. The Balaban J connectivity index is -0.000000628. The monoisotopic (exact) mass is 584 g/mol. The topological polar surface area (TPSA) is 160 Å². The number of hydrogen-bond donors (Lipinski definition) is 4. The fraction of sp³-hybridized carbons (Fsp3) is 0.733. The van der Waals surface area contributed by atoms with Crippen molar-refractivity contribution >= 4 is 24.1 Å². The van der Waals surface area contributed by atoms with E-state index in [9.17, 15) is 19.2 Å². The SMILES string of the molecule is C#CCO.C#CCOC(=O)C(C)CCCCNC(=O)OC(C)(C)C.CC(CCCCNC(=O)OC(C)(C)C)C(=O)O. The molecule has 2 amide bonds. The average Bonchev–Trinajstić information content (AvgIpc) is 2.84. The Kier molecular flexibility index (Phi) is 25.0. The number of carboxylic acid groups (broad SMARTS) is 1. The molecular weight excluding hydrogens is 532 g/mol. The summed E-state index contributed by atoms with van der Waals surface area (Å²) in [4.78, 5) is 44.6. The summed E-state index contributed by atoms with van der Waals surface area (Å²) < 4.78 is 15.0. The lowest BCUT2D eigenvalue weighted by molar-refractivity contribution is -0.146. The zero-order valence-corrected chi connectivity index (χ0v) is 26.1. The first-order valence-electron chi connectivity index (χ1n) is 13.7. The fourth-order valence-corrected chi connectivity index (χ4v) is 2.66. The third-order valence-electron chi connectivity index (χ3n) is 4.68. The van der Waals surface area contributed by atoms with Crippen molar-refractivity contribution < 1.29 is 43.6 Å². The van der Waals surface area contributed by atoms with E-state index in [1.807, 2.05) is 26.7 Å². The number of carbonyl (C=O) groups excluding carboxylic acids is 3. The number of carboxylic acids is 1. The molecule has 2 unspecified atom stereocenters. The number of rotatable bonds is 13. The summed E-state index contributed by atoms with van der Waals surface area (Å²) in [6.07, 6.45) is 13.2. The molecule has 0 bridgehead atoms. The Morgan fingerprint density at radius 2 is 1.15 bits per heavy atom. The number of nitrogens with one attached hydrogen (secondary N) is 2. The van der Waals surface area contributed by atoms with Gasteiger partial charge in [0.15, 0.2) is 6.61 Å². The Morgan fingerprint density at radius 3 is 1.46 bits per heavy atom. The summed E-state index contributed by atoms with van der Waals surface area (Å²) in [6, 6.07) is 0. The number of amides is 2. The molecule has 0 aliphatic rings. The smallest absolute Gasteiger partial charge is 0.407 e. The standard InChI is InChI=1S/C15H25NO4.C12H23NO4.C3H4O/c1-6-11-19-13(17)12(2)9-7-8-10-16-14(18)20-15(3,4)5;1-9(10(14)15)7-5-6-8-13-11(16)17-12(2,3)4;1-2-3-4/h1,12H,7-11H2,2-5H3,(H,16,18);9H,5-8H2,1-4H3,(H,13,16)(H,14,15);1,4H,3H2. The van der Waals surface area contributed by atoms with Crippen molar-refractivity contribution in [1.29, 1.82) is 0 Å². The van der Waals surface area contributed by atoms with Crippen LogP contribution >= 0.6 is 0 Å². The second-order valence-corrected chi connectivity index (χ2v) is 11.2. The highest BCUT2D eigenvalue weighted by Gasteiger charge is 2.17. The highest BCUT2D eigenvalue weighted by Crippen LogP contribution is 2.11. The summed E-state index contributed by atoms with van der Waals surface area (Å²) >= 11 is 0. The Hall–Kier alpha value is -3.44. The van der Waals surface area contributed by atoms with Gasteiger partial charge >= 0.3 is 24.1 Å². The lowest BCUT2D eigenvalue weighted by atomic mass is 10.0. The molecule has 0 spiro atoms. The van der Waals surface area contributed by atoms with Crippen molar-refractivity contribution in [3.63, 3.8) is 0 Å². The van der Waals surface area contributed by atoms with E-state index in [0.29, 0.717) is 25.9 Å². The molecule has 4 N–H and O–H groups in total. The molecule has 0 saturated heterocycles. The Bertz CT molecular complexity index is 831. The van der Waals surface area contributed by atoms with E-state index >= 15 is 0 Å². The van der Waals surface area contributed by atoms with Crippen molar-refractivity contribution in [2.75, 3.05) is 26.3 Å². The van der Waals surface area contributed by atoms with Crippen LogP contribution in [0.15, 0.2) is 0 Å². The molecule has 0 aromatic rings. The first-order valence-corrected chi connectivity index (χ1v) is 13.7. The molecule has 11 nitrogen and oxygen atoms in total. The van der Waals surface area contributed by atoms with Crippen LogP contribution in [0.25, 0.3) is 0 Å². The molecule has 0 saturated carbocycles. The van der Waals surface area contributed by atoms with Crippen molar-refractivity contribution in [2.24, 2.45) is 11.8 Å². The quantitative estimate of drug-likeness (QED) is 0.106. The van der Waals surface area contributed by atoms with Gasteiger partial charge in [-0.3, -0.25) is 9.59 Å². The lowest BCUT2D eigenvalue weighted by Crippen LogP contribution is -2.33. The second kappa shape index (κ2) is 24.4. The van der Waals surface area contributed by atoms with Crippen LogP contribution in [0.5, 0.6) is 0 Å². The van der Waals surface area contributed by atoms with Crippen LogP contribution in [0.4, 0.5) is 9.59 Å². The highest BCUT2D eigenvalue weighted by atomic mass is 16.6. The van der Waals surface area contributed by atoms with E-state index in [-0.39, 0.29) is 31.0 Å². The first kappa shape index (κ1) is 42.0. The maximum Gasteiger partial charge on any atom is 0.407 e. The molecule has 0 rings (SSSR count). The molecule has 41 heavy (non-hydrogen) atoms. The van der Waals surface area contributed by atoms with Crippen LogP contribution in [0.1, 0.15) is 93.9 Å². The number of carbonyl (C=O) groups is 4. The van der Waals surface area contributed by atoms with Crippen LogP contribution < -0.4 is 10.6 Å². The van der Waals surface area contributed by atoms with E-state index in [1.54, 1.807) is 34.6 Å². The largest absolute Gasteiger partial charge is 0.481 e. The van der Waals surface area contributed by atoms with Gasteiger partial charge in [0.2, 0.25) is 0 Å². The fourth-order valence-electron chi connectivity index (χ4n) is 2.66. The predicted octanol–water partition coefficient (Wildman–Crippen LogP) is 4.51. The molecular formula is C30H52N2O9. The third-order valence-corrected chi connectivity index (χ3v) is 4.68.